The van der Waals surface area contributed by atoms with Gasteiger partial charge >= 0.3 is 0 Å². The highest BCUT2D eigenvalue weighted by molar-refractivity contribution is 7.11. The Balaban J connectivity index is 2.10. The summed E-state index contributed by atoms with van der Waals surface area (Å²) in [6.07, 6.45) is 0.966. The standard InChI is InChI=1S/C19H22OS/c1-11-6-5-7-17-14(4)19(13(3)12(2)18(11)17)15-8-16(9-20)21-10-15/h5-10,12-14,19H,1-4H3. The molecular formula is C19H22OS. The Hall–Kier alpha value is -1.41. The number of benzene rings is 1. The lowest BCUT2D eigenvalue weighted by Gasteiger charge is -2.41. The average molecular weight is 298 g/mol. The SMILES string of the molecule is Cc1cccc2c1C(C)C(C)C(c1csc(C=O)c1)C2C. The van der Waals surface area contributed by atoms with Gasteiger partial charge in [-0.3, -0.25) is 4.79 Å². The molecule has 110 valence electrons. The molecule has 4 unspecified atom stereocenters. The molecule has 21 heavy (non-hydrogen) atoms. The van der Waals surface area contributed by atoms with Crippen LogP contribution < -0.4 is 0 Å². The summed E-state index contributed by atoms with van der Waals surface area (Å²) in [6.45, 7) is 9.27. The monoisotopic (exact) mass is 298 g/mol. The zero-order valence-corrected chi connectivity index (χ0v) is 13.9. The van der Waals surface area contributed by atoms with Crippen molar-refractivity contribution in [3.05, 3.63) is 56.8 Å². The third kappa shape index (κ3) is 2.26. The molecule has 1 aliphatic carbocycles. The van der Waals surface area contributed by atoms with Gasteiger partial charge in [0, 0.05) is 0 Å². The number of aryl methyl sites for hydroxylation is 1. The van der Waals surface area contributed by atoms with Crippen molar-refractivity contribution < 1.29 is 4.79 Å². The largest absolute Gasteiger partial charge is 0.297 e. The Labute approximate surface area is 131 Å². The third-order valence-electron chi connectivity index (χ3n) is 5.34. The Bertz CT molecular complexity index is 670. The number of carbonyl (C=O) groups is 1. The van der Waals surface area contributed by atoms with Gasteiger partial charge in [0.2, 0.25) is 0 Å². The van der Waals surface area contributed by atoms with Gasteiger partial charge in [-0.25, -0.2) is 0 Å². The van der Waals surface area contributed by atoms with E-state index in [1.54, 1.807) is 16.9 Å². The molecule has 0 fully saturated rings. The first kappa shape index (κ1) is 14.5. The Morgan fingerprint density at radius 3 is 2.57 bits per heavy atom. The van der Waals surface area contributed by atoms with Crippen molar-refractivity contribution in [3.8, 4) is 0 Å². The van der Waals surface area contributed by atoms with Crippen LogP contribution in [0.4, 0.5) is 0 Å². The maximum atomic E-state index is 11.0. The molecule has 1 aromatic heterocycles. The second kappa shape index (κ2) is 5.42. The number of fused-ring (bicyclic) bond motifs is 1. The first-order valence-corrected chi connectivity index (χ1v) is 8.55. The van der Waals surface area contributed by atoms with Crippen molar-refractivity contribution in [2.75, 3.05) is 0 Å². The lowest BCUT2D eigenvalue weighted by atomic mass is 9.63. The first-order valence-electron chi connectivity index (χ1n) is 7.67. The highest BCUT2D eigenvalue weighted by Gasteiger charge is 2.38. The zero-order valence-electron chi connectivity index (χ0n) is 13.1. The van der Waals surface area contributed by atoms with Crippen molar-refractivity contribution >= 4 is 17.6 Å². The molecule has 1 nitrogen and oxygen atoms in total. The lowest BCUT2D eigenvalue weighted by molar-refractivity contribution is 0.112. The number of aldehydes is 1. The summed E-state index contributed by atoms with van der Waals surface area (Å²) in [6, 6.07) is 8.78. The summed E-state index contributed by atoms with van der Waals surface area (Å²) in [5.41, 5.74) is 5.78. The molecule has 0 aliphatic heterocycles. The minimum Gasteiger partial charge on any atom is -0.297 e. The van der Waals surface area contributed by atoms with Gasteiger partial charge in [-0.15, -0.1) is 11.3 Å². The van der Waals surface area contributed by atoms with Crippen molar-refractivity contribution in [1.29, 1.82) is 0 Å². The van der Waals surface area contributed by atoms with Crippen molar-refractivity contribution in [1.82, 2.24) is 0 Å². The summed E-state index contributed by atoms with van der Waals surface area (Å²) >= 11 is 1.56. The van der Waals surface area contributed by atoms with Gasteiger partial charge in [-0.2, -0.15) is 0 Å². The van der Waals surface area contributed by atoms with Crippen molar-refractivity contribution in [3.63, 3.8) is 0 Å². The van der Waals surface area contributed by atoms with Crippen LogP contribution in [0.25, 0.3) is 0 Å². The summed E-state index contributed by atoms with van der Waals surface area (Å²) < 4.78 is 0. The quantitative estimate of drug-likeness (QED) is 0.668. The number of rotatable bonds is 2. The Morgan fingerprint density at radius 2 is 1.90 bits per heavy atom. The van der Waals surface area contributed by atoms with Crippen LogP contribution in [0.5, 0.6) is 0 Å². The summed E-state index contributed by atoms with van der Waals surface area (Å²) in [5, 5.41) is 2.18. The average Bonchev–Trinajstić information content (AvgIpc) is 2.93. The van der Waals surface area contributed by atoms with Crippen LogP contribution >= 0.6 is 11.3 Å². The molecule has 2 heteroatoms. The van der Waals surface area contributed by atoms with Crippen LogP contribution in [-0.4, -0.2) is 6.29 Å². The topological polar surface area (TPSA) is 17.1 Å². The normalized spacial score (nSPS) is 28.2. The maximum absolute atomic E-state index is 11.0. The van der Waals surface area contributed by atoms with Crippen molar-refractivity contribution in [2.45, 2.75) is 45.4 Å². The molecule has 0 bridgehead atoms. The molecule has 0 saturated carbocycles. The Kier molecular flexibility index (Phi) is 3.75. The minimum absolute atomic E-state index is 0.499. The molecule has 0 spiro atoms. The zero-order chi connectivity index (χ0) is 15.1. The van der Waals surface area contributed by atoms with Crippen LogP contribution in [0.3, 0.4) is 0 Å². The van der Waals surface area contributed by atoms with E-state index in [9.17, 15) is 4.79 Å². The van der Waals surface area contributed by atoms with E-state index in [1.165, 1.54) is 16.7 Å². The van der Waals surface area contributed by atoms with Gasteiger partial charge in [0.05, 0.1) is 4.88 Å². The van der Waals surface area contributed by atoms with E-state index in [-0.39, 0.29) is 0 Å². The molecule has 2 aromatic rings. The predicted molar refractivity (Wildman–Crippen MR) is 89.6 cm³/mol. The second-order valence-electron chi connectivity index (χ2n) is 6.44. The van der Waals surface area contributed by atoms with Gasteiger partial charge in [-0.05, 0) is 64.3 Å². The second-order valence-corrected chi connectivity index (χ2v) is 7.38. The number of carbonyl (C=O) groups excluding carboxylic acids is 1. The van der Waals surface area contributed by atoms with Gasteiger partial charge in [0.1, 0.15) is 0 Å². The van der Waals surface area contributed by atoms with Crippen LogP contribution in [0.15, 0.2) is 29.6 Å². The minimum atomic E-state index is 0.499. The summed E-state index contributed by atoms with van der Waals surface area (Å²) in [5.74, 6) is 2.14. The highest BCUT2D eigenvalue weighted by Crippen LogP contribution is 2.52. The fourth-order valence-corrected chi connectivity index (χ4v) is 4.90. The molecule has 1 heterocycles. The molecular weight excluding hydrogens is 276 g/mol. The van der Waals surface area contributed by atoms with Gasteiger partial charge in [0.15, 0.2) is 6.29 Å². The fourth-order valence-electron chi connectivity index (χ4n) is 4.14. The van der Waals surface area contributed by atoms with Crippen molar-refractivity contribution in [2.24, 2.45) is 5.92 Å². The fraction of sp³-hybridized carbons (Fsp3) is 0.421. The van der Waals surface area contributed by atoms with E-state index >= 15 is 0 Å². The van der Waals surface area contributed by atoms with E-state index in [0.29, 0.717) is 23.7 Å². The van der Waals surface area contributed by atoms with Crippen LogP contribution in [0, 0.1) is 12.8 Å². The molecule has 4 atom stereocenters. The van der Waals surface area contributed by atoms with E-state index in [4.69, 9.17) is 0 Å². The number of hydrogen-bond acceptors (Lipinski definition) is 2. The number of thiophene rings is 1. The lowest BCUT2D eigenvalue weighted by Crippen LogP contribution is -2.28. The molecule has 0 amide bonds. The number of hydrogen-bond donors (Lipinski definition) is 0. The smallest absolute Gasteiger partial charge is 0.160 e. The summed E-state index contributed by atoms with van der Waals surface area (Å²) in [4.78, 5) is 11.8. The maximum Gasteiger partial charge on any atom is 0.160 e. The molecule has 1 aromatic carbocycles. The van der Waals surface area contributed by atoms with E-state index in [0.717, 1.165) is 11.2 Å². The molecule has 0 radical (unpaired) electrons. The van der Waals surface area contributed by atoms with Crippen LogP contribution in [-0.2, 0) is 0 Å². The van der Waals surface area contributed by atoms with Crippen LogP contribution in [0.2, 0.25) is 0 Å². The van der Waals surface area contributed by atoms with Gasteiger partial charge in [0.25, 0.3) is 0 Å². The molecule has 1 aliphatic rings. The molecule has 0 N–H and O–H groups in total. The Morgan fingerprint density at radius 1 is 1.14 bits per heavy atom. The first-order chi connectivity index (χ1) is 10.0. The molecule has 0 saturated heterocycles. The van der Waals surface area contributed by atoms with E-state index < -0.39 is 0 Å². The summed E-state index contributed by atoms with van der Waals surface area (Å²) in [7, 11) is 0. The predicted octanol–water partition coefficient (Wildman–Crippen LogP) is 5.51. The third-order valence-corrected chi connectivity index (χ3v) is 6.21. The van der Waals surface area contributed by atoms with Gasteiger partial charge < -0.3 is 0 Å². The van der Waals surface area contributed by atoms with E-state index in [1.807, 2.05) is 0 Å². The van der Waals surface area contributed by atoms with Crippen LogP contribution in [0.1, 0.15) is 70.5 Å². The molecule has 3 rings (SSSR count). The van der Waals surface area contributed by atoms with Gasteiger partial charge in [-0.1, -0.05) is 39.0 Å². The highest BCUT2D eigenvalue weighted by atomic mass is 32.1. The van der Waals surface area contributed by atoms with E-state index in [2.05, 4.69) is 57.3 Å².